The highest BCUT2D eigenvalue weighted by atomic mass is 32.2. The Morgan fingerprint density at radius 1 is 1.03 bits per heavy atom. The van der Waals surface area contributed by atoms with Crippen molar-refractivity contribution in [1.29, 1.82) is 0 Å². The third-order valence-electron chi connectivity index (χ3n) is 5.69. The second-order valence-corrected chi connectivity index (χ2v) is 9.16. The quantitative estimate of drug-likeness (QED) is 0.575. The van der Waals surface area contributed by atoms with Crippen LogP contribution in [0.1, 0.15) is 18.1 Å². The highest BCUT2D eigenvalue weighted by molar-refractivity contribution is 8.15. The third kappa shape index (κ3) is 5.33. The molecule has 0 aliphatic carbocycles. The van der Waals surface area contributed by atoms with E-state index in [4.69, 9.17) is 14.6 Å². The van der Waals surface area contributed by atoms with E-state index in [2.05, 4.69) is 0 Å². The van der Waals surface area contributed by atoms with E-state index < -0.39 is 28.9 Å². The van der Waals surface area contributed by atoms with Crippen molar-refractivity contribution < 1.29 is 33.8 Å². The number of carbonyl (C=O) groups is 4. The van der Waals surface area contributed by atoms with Crippen LogP contribution in [-0.2, 0) is 27.2 Å². The lowest BCUT2D eigenvalue weighted by Gasteiger charge is -2.19. The molecule has 0 spiro atoms. The number of ether oxygens (including phenoxy) is 2. The third-order valence-corrected chi connectivity index (χ3v) is 6.76. The Hall–Kier alpha value is -3.53. The predicted octanol–water partition coefficient (Wildman–Crippen LogP) is 3.55. The van der Waals surface area contributed by atoms with Crippen molar-refractivity contribution in [3.8, 4) is 11.5 Å². The van der Waals surface area contributed by atoms with Crippen LogP contribution in [0.5, 0.6) is 11.5 Å². The maximum atomic E-state index is 12.3. The number of rotatable bonds is 9. The number of carboxylic acid groups (broad SMARTS) is 1. The average molecular weight is 485 g/mol. The summed E-state index contributed by atoms with van der Waals surface area (Å²) in [6.45, 7) is 2.33. The van der Waals surface area contributed by atoms with Gasteiger partial charge in [-0.3, -0.25) is 19.3 Å². The first-order valence-corrected chi connectivity index (χ1v) is 11.7. The monoisotopic (exact) mass is 484 g/mol. The van der Waals surface area contributed by atoms with Crippen LogP contribution in [0.2, 0.25) is 0 Å². The number of cyclic esters (lactones) is 1. The van der Waals surface area contributed by atoms with Crippen molar-refractivity contribution in [3.05, 3.63) is 59.7 Å². The summed E-state index contributed by atoms with van der Waals surface area (Å²) in [7, 11) is 0. The molecule has 34 heavy (non-hydrogen) atoms. The van der Waals surface area contributed by atoms with Crippen molar-refractivity contribution in [2.45, 2.75) is 31.1 Å². The Bertz CT molecular complexity index is 1090. The van der Waals surface area contributed by atoms with E-state index in [-0.39, 0.29) is 12.1 Å². The van der Waals surface area contributed by atoms with E-state index in [9.17, 15) is 19.2 Å². The van der Waals surface area contributed by atoms with E-state index in [1.54, 1.807) is 17.0 Å². The number of nitrogens with zero attached hydrogens (tertiary/aromatic N) is 2. The molecule has 2 atom stereocenters. The molecule has 4 rings (SSSR count). The Labute approximate surface area is 200 Å². The highest BCUT2D eigenvalue weighted by Crippen LogP contribution is 2.30. The fraction of sp³-hybridized carbons (Fsp3) is 0.333. The zero-order valence-corrected chi connectivity index (χ0v) is 19.3. The van der Waals surface area contributed by atoms with Crippen molar-refractivity contribution >= 4 is 35.0 Å². The first kappa shape index (κ1) is 23.6. The number of imide groups is 1. The maximum absolute atomic E-state index is 12.3. The topological polar surface area (TPSA) is 113 Å². The van der Waals surface area contributed by atoms with Gasteiger partial charge in [0.2, 0.25) is 5.91 Å². The molecule has 2 heterocycles. The number of aliphatic carboxylic acids is 1. The molecule has 0 saturated carbocycles. The van der Waals surface area contributed by atoms with E-state index in [0.29, 0.717) is 37.5 Å². The van der Waals surface area contributed by atoms with Gasteiger partial charge in [0.1, 0.15) is 24.7 Å². The molecule has 178 valence electrons. The van der Waals surface area contributed by atoms with E-state index >= 15 is 0 Å². The smallest absolute Gasteiger partial charge is 0.410 e. The fourth-order valence-electron chi connectivity index (χ4n) is 3.96. The second-order valence-electron chi connectivity index (χ2n) is 8.01. The van der Waals surface area contributed by atoms with Crippen LogP contribution in [0.25, 0.3) is 0 Å². The molecule has 2 aromatic rings. The molecule has 2 aliphatic heterocycles. The van der Waals surface area contributed by atoms with E-state index in [0.717, 1.165) is 27.8 Å². The molecule has 2 fully saturated rings. The van der Waals surface area contributed by atoms with Crippen molar-refractivity contribution in [2.75, 3.05) is 19.7 Å². The number of carboxylic acids is 1. The van der Waals surface area contributed by atoms with Gasteiger partial charge in [-0.25, -0.2) is 4.79 Å². The number of amides is 3. The fourth-order valence-corrected chi connectivity index (χ4v) is 4.99. The molecule has 2 unspecified atom stereocenters. The molecular weight excluding hydrogens is 460 g/mol. The summed E-state index contributed by atoms with van der Waals surface area (Å²) in [6.07, 6.45) is 0.762. The Morgan fingerprint density at radius 3 is 2.18 bits per heavy atom. The summed E-state index contributed by atoms with van der Waals surface area (Å²) in [5.41, 5.74) is 1.92. The predicted molar refractivity (Wildman–Crippen MR) is 124 cm³/mol. The lowest BCUT2D eigenvalue weighted by Crippen LogP contribution is -2.36. The molecule has 3 amide bonds. The Kier molecular flexibility index (Phi) is 7.06. The van der Waals surface area contributed by atoms with Crippen LogP contribution in [-0.4, -0.2) is 69.1 Å². The molecule has 0 aromatic heterocycles. The number of hydrogen-bond donors (Lipinski definition) is 1. The zero-order valence-electron chi connectivity index (χ0n) is 18.5. The zero-order chi connectivity index (χ0) is 24.2. The SMILES string of the molecule is CCN1C(=O)OCC1Cc1ccc(Oc2ccc(CC3SC(=O)N(CC(=O)O)C3=O)cc2)cc1. The Balaban J connectivity index is 1.31. The minimum atomic E-state index is -1.22. The van der Waals surface area contributed by atoms with Crippen LogP contribution in [0, 0.1) is 0 Å². The van der Waals surface area contributed by atoms with Gasteiger partial charge < -0.3 is 19.5 Å². The number of benzene rings is 2. The van der Waals surface area contributed by atoms with E-state index in [1.807, 2.05) is 43.3 Å². The van der Waals surface area contributed by atoms with Gasteiger partial charge in [-0.15, -0.1) is 0 Å². The van der Waals surface area contributed by atoms with Crippen LogP contribution < -0.4 is 4.74 Å². The summed E-state index contributed by atoms with van der Waals surface area (Å²) in [5.74, 6) is -0.409. The molecule has 2 aliphatic rings. The van der Waals surface area contributed by atoms with Gasteiger partial charge in [-0.2, -0.15) is 0 Å². The summed E-state index contributed by atoms with van der Waals surface area (Å²) in [6, 6.07) is 14.9. The summed E-state index contributed by atoms with van der Waals surface area (Å²) < 4.78 is 11.0. The maximum Gasteiger partial charge on any atom is 0.410 e. The van der Waals surface area contributed by atoms with Crippen molar-refractivity contribution in [1.82, 2.24) is 9.80 Å². The molecule has 2 saturated heterocycles. The molecule has 0 radical (unpaired) electrons. The number of carbonyl (C=O) groups excluding carboxylic acids is 3. The molecular formula is C24H24N2O7S. The van der Waals surface area contributed by atoms with Crippen molar-refractivity contribution in [3.63, 3.8) is 0 Å². The van der Waals surface area contributed by atoms with Gasteiger partial charge in [-0.05, 0) is 55.2 Å². The van der Waals surface area contributed by atoms with E-state index in [1.165, 1.54) is 0 Å². The highest BCUT2D eigenvalue weighted by Gasteiger charge is 2.40. The average Bonchev–Trinajstić information content (AvgIpc) is 3.29. The summed E-state index contributed by atoms with van der Waals surface area (Å²) in [5, 5.41) is 7.70. The molecule has 1 N–H and O–H groups in total. The number of thioether (sulfide) groups is 1. The van der Waals surface area contributed by atoms with Gasteiger partial charge in [0.05, 0.1) is 11.3 Å². The van der Waals surface area contributed by atoms with Crippen LogP contribution in [0.3, 0.4) is 0 Å². The molecule has 9 nitrogen and oxygen atoms in total. The Morgan fingerprint density at radius 2 is 1.62 bits per heavy atom. The minimum Gasteiger partial charge on any atom is -0.480 e. The van der Waals surface area contributed by atoms with Gasteiger partial charge in [0.25, 0.3) is 5.24 Å². The minimum absolute atomic E-state index is 0.0354. The number of likely N-dealkylation sites (N-methyl/N-ethyl adjacent to an activating group) is 1. The van der Waals surface area contributed by atoms with Crippen LogP contribution >= 0.6 is 11.8 Å². The van der Waals surface area contributed by atoms with Gasteiger partial charge in [-0.1, -0.05) is 36.0 Å². The normalized spacial score (nSPS) is 20.1. The second kappa shape index (κ2) is 10.2. The first-order valence-electron chi connectivity index (χ1n) is 10.9. The number of hydrogen-bond acceptors (Lipinski definition) is 7. The lowest BCUT2D eigenvalue weighted by molar-refractivity contribution is -0.141. The standard InChI is InChI=1S/C24H24N2O7S/c1-2-25-17(14-32-23(25)30)11-15-3-7-18(8-4-15)33-19-9-5-16(6-10-19)12-20-22(29)26(13-21(27)28)24(31)34-20/h3-10,17,20H,2,11-14H2,1H3,(H,27,28). The van der Waals surface area contributed by atoms with Gasteiger partial charge in [0, 0.05) is 6.54 Å². The molecule has 2 aromatic carbocycles. The lowest BCUT2D eigenvalue weighted by atomic mass is 10.1. The van der Waals surface area contributed by atoms with Crippen LogP contribution in [0.15, 0.2) is 48.5 Å². The summed E-state index contributed by atoms with van der Waals surface area (Å²) in [4.78, 5) is 49.3. The van der Waals surface area contributed by atoms with Crippen LogP contribution in [0.4, 0.5) is 9.59 Å². The van der Waals surface area contributed by atoms with Gasteiger partial charge in [0.15, 0.2) is 0 Å². The van der Waals surface area contributed by atoms with Crippen molar-refractivity contribution in [2.24, 2.45) is 0 Å². The first-order chi connectivity index (χ1) is 16.3. The molecule has 0 bridgehead atoms. The summed E-state index contributed by atoms with van der Waals surface area (Å²) >= 11 is 0.853. The largest absolute Gasteiger partial charge is 0.480 e. The molecule has 10 heteroatoms. The van der Waals surface area contributed by atoms with Gasteiger partial charge >= 0.3 is 12.1 Å².